The number of amides is 3. The van der Waals surface area contributed by atoms with E-state index in [0.717, 1.165) is 0 Å². The number of nitrogen functional groups attached to an aromatic ring is 1. The van der Waals surface area contributed by atoms with Crippen LogP contribution in [-0.4, -0.2) is 79.1 Å². The number of anilines is 1. The molecule has 3 amide bonds. The minimum atomic E-state index is -1.21. The zero-order valence-corrected chi connectivity index (χ0v) is 16.7. The van der Waals surface area contributed by atoms with Gasteiger partial charge in [0, 0.05) is 6.54 Å². The number of nitrogens with two attached hydrogens (primary N) is 3. The summed E-state index contributed by atoms with van der Waals surface area (Å²) in [6, 6.07) is -2.34. The fourth-order valence-corrected chi connectivity index (χ4v) is 3.47. The number of hydrogen-bond donors (Lipinski definition) is 7. The number of nitrogens with one attached hydrogen (secondary N) is 2. The summed E-state index contributed by atoms with van der Waals surface area (Å²) < 4.78 is 7.23. The van der Waals surface area contributed by atoms with Crippen molar-refractivity contribution in [2.24, 2.45) is 11.5 Å². The van der Waals surface area contributed by atoms with Crippen LogP contribution in [-0.2, 0) is 9.53 Å². The number of unbranched alkanes of at least 4 members (excludes halogenated alkanes) is 1. The summed E-state index contributed by atoms with van der Waals surface area (Å²) in [5.74, 6) is -0.312. The van der Waals surface area contributed by atoms with Crippen LogP contribution in [0.25, 0.3) is 11.2 Å². The van der Waals surface area contributed by atoms with Gasteiger partial charge in [-0.25, -0.2) is 19.7 Å². The number of aliphatic hydroxyl groups is 2. The average molecular weight is 437 g/mol. The molecule has 1 fully saturated rings. The first-order valence-corrected chi connectivity index (χ1v) is 9.80. The molecule has 31 heavy (non-hydrogen) atoms. The van der Waals surface area contributed by atoms with Gasteiger partial charge >= 0.3 is 6.03 Å². The first kappa shape index (κ1) is 22.6. The first-order valence-electron chi connectivity index (χ1n) is 9.80. The lowest BCUT2D eigenvalue weighted by atomic mass is 10.0. The minimum Gasteiger partial charge on any atom is -0.394 e. The third-order valence-corrected chi connectivity index (χ3v) is 5.10. The Balaban J connectivity index is 1.62. The van der Waals surface area contributed by atoms with Crippen LogP contribution in [0.4, 0.5) is 10.6 Å². The number of aliphatic hydroxyl groups excluding tert-OH is 2. The van der Waals surface area contributed by atoms with Crippen molar-refractivity contribution in [3.8, 4) is 0 Å². The smallest absolute Gasteiger partial charge is 0.312 e. The number of primary amides is 1. The second-order valence-corrected chi connectivity index (χ2v) is 7.25. The molecule has 10 N–H and O–H groups in total. The van der Waals surface area contributed by atoms with Crippen LogP contribution in [0.15, 0.2) is 12.7 Å². The van der Waals surface area contributed by atoms with E-state index >= 15 is 0 Å². The SMILES string of the molecule is NC(=O)NCCCC[C@H](N)C(=O)NC1C(CO)OC(n2cnc3c(N)ncnc32)C1O. The Kier molecular flexibility index (Phi) is 7.17. The lowest BCUT2D eigenvalue weighted by molar-refractivity contribution is -0.124. The number of urea groups is 1. The molecule has 2 aromatic heterocycles. The number of carbonyl (C=O) groups excluding carboxylic acids is 2. The lowest BCUT2D eigenvalue weighted by Gasteiger charge is -2.22. The fourth-order valence-electron chi connectivity index (χ4n) is 3.47. The van der Waals surface area contributed by atoms with Crippen LogP contribution >= 0.6 is 0 Å². The Morgan fingerprint density at radius 3 is 2.77 bits per heavy atom. The van der Waals surface area contributed by atoms with Gasteiger partial charge in [0.15, 0.2) is 17.7 Å². The fraction of sp³-hybridized carbons (Fsp3) is 0.588. The molecule has 14 nitrogen and oxygen atoms in total. The molecule has 3 rings (SSSR count). The van der Waals surface area contributed by atoms with Crippen molar-refractivity contribution in [3.63, 3.8) is 0 Å². The predicted octanol–water partition coefficient (Wildman–Crippen LogP) is -2.69. The van der Waals surface area contributed by atoms with Gasteiger partial charge in [0.2, 0.25) is 5.91 Å². The van der Waals surface area contributed by atoms with Gasteiger partial charge in [-0.1, -0.05) is 0 Å². The molecule has 1 aliphatic heterocycles. The Labute approximate surface area is 177 Å². The Hall–Kier alpha value is -3.07. The number of rotatable bonds is 9. The topological polar surface area (TPSA) is 230 Å². The van der Waals surface area contributed by atoms with Crippen molar-refractivity contribution >= 4 is 28.9 Å². The minimum absolute atomic E-state index is 0.178. The highest BCUT2D eigenvalue weighted by molar-refractivity contribution is 5.82. The zero-order chi connectivity index (χ0) is 22.5. The zero-order valence-electron chi connectivity index (χ0n) is 16.7. The highest BCUT2D eigenvalue weighted by atomic mass is 16.5. The predicted molar refractivity (Wildman–Crippen MR) is 108 cm³/mol. The van der Waals surface area contributed by atoms with Gasteiger partial charge in [-0.15, -0.1) is 0 Å². The molecule has 5 atom stereocenters. The van der Waals surface area contributed by atoms with E-state index < -0.39 is 49.1 Å². The normalized spacial score (nSPS) is 24.2. The van der Waals surface area contributed by atoms with Crippen molar-refractivity contribution in [2.45, 2.75) is 49.8 Å². The summed E-state index contributed by atoms with van der Waals surface area (Å²) in [6.07, 6.45) is 1.19. The van der Waals surface area contributed by atoms with Gasteiger partial charge in [-0.05, 0) is 19.3 Å². The highest BCUT2D eigenvalue weighted by Crippen LogP contribution is 2.32. The Bertz CT molecular complexity index is 923. The third kappa shape index (κ3) is 4.99. The maximum Gasteiger partial charge on any atom is 0.312 e. The van der Waals surface area contributed by atoms with E-state index in [1.807, 2.05) is 0 Å². The number of aromatic nitrogens is 4. The Morgan fingerprint density at radius 2 is 2.06 bits per heavy atom. The number of nitrogens with zero attached hydrogens (tertiary/aromatic N) is 4. The van der Waals surface area contributed by atoms with Gasteiger partial charge in [0.05, 0.1) is 25.0 Å². The van der Waals surface area contributed by atoms with Crippen LogP contribution in [0.3, 0.4) is 0 Å². The summed E-state index contributed by atoms with van der Waals surface area (Å²) >= 11 is 0. The van der Waals surface area contributed by atoms with E-state index in [1.54, 1.807) is 0 Å². The van der Waals surface area contributed by atoms with E-state index in [0.29, 0.717) is 37.0 Å². The summed E-state index contributed by atoms with van der Waals surface area (Å²) in [5, 5.41) is 25.6. The maximum atomic E-state index is 12.5. The molecule has 0 radical (unpaired) electrons. The van der Waals surface area contributed by atoms with Gasteiger partial charge in [0.25, 0.3) is 0 Å². The van der Waals surface area contributed by atoms with Crippen LogP contribution in [0.1, 0.15) is 25.5 Å². The third-order valence-electron chi connectivity index (χ3n) is 5.10. The summed E-state index contributed by atoms with van der Waals surface area (Å²) in [4.78, 5) is 35.3. The largest absolute Gasteiger partial charge is 0.394 e. The summed E-state index contributed by atoms with van der Waals surface area (Å²) in [7, 11) is 0. The van der Waals surface area contributed by atoms with E-state index in [-0.39, 0.29) is 5.82 Å². The van der Waals surface area contributed by atoms with Gasteiger partial charge < -0.3 is 42.8 Å². The number of imidazole rings is 1. The molecule has 0 aromatic carbocycles. The monoisotopic (exact) mass is 437 g/mol. The molecular formula is C17H27N9O5. The summed E-state index contributed by atoms with van der Waals surface area (Å²) in [6.45, 7) is -0.0453. The molecule has 3 heterocycles. The quantitative estimate of drug-likeness (QED) is 0.201. The molecule has 4 unspecified atom stereocenters. The van der Waals surface area contributed by atoms with Crippen LogP contribution in [0.5, 0.6) is 0 Å². The van der Waals surface area contributed by atoms with E-state index in [4.69, 9.17) is 21.9 Å². The number of hydrogen-bond acceptors (Lipinski definition) is 10. The molecule has 0 spiro atoms. The maximum absolute atomic E-state index is 12.5. The molecular weight excluding hydrogens is 410 g/mol. The van der Waals surface area contributed by atoms with Crippen LogP contribution < -0.4 is 27.8 Å². The number of fused-ring (bicyclic) bond motifs is 1. The van der Waals surface area contributed by atoms with Crippen molar-refractivity contribution < 1.29 is 24.5 Å². The molecule has 0 saturated carbocycles. The Morgan fingerprint density at radius 1 is 1.29 bits per heavy atom. The van der Waals surface area contributed by atoms with Crippen molar-refractivity contribution in [3.05, 3.63) is 12.7 Å². The number of carbonyl (C=O) groups is 2. The van der Waals surface area contributed by atoms with Gasteiger partial charge in [-0.3, -0.25) is 9.36 Å². The second kappa shape index (κ2) is 9.82. The number of ether oxygens (including phenoxy) is 1. The molecule has 0 bridgehead atoms. The molecule has 2 aromatic rings. The van der Waals surface area contributed by atoms with Crippen LogP contribution in [0, 0.1) is 0 Å². The van der Waals surface area contributed by atoms with Gasteiger partial charge in [-0.2, -0.15) is 0 Å². The van der Waals surface area contributed by atoms with E-state index in [2.05, 4.69) is 25.6 Å². The van der Waals surface area contributed by atoms with Crippen molar-refractivity contribution in [2.75, 3.05) is 18.9 Å². The molecule has 0 aliphatic carbocycles. The van der Waals surface area contributed by atoms with E-state index in [1.165, 1.54) is 17.2 Å². The van der Waals surface area contributed by atoms with Crippen LogP contribution in [0.2, 0.25) is 0 Å². The highest BCUT2D eigenvalue weighted by Gasteiger charge is 2.46. The molecule has 1 aliphatic rings. The second-order valence-electron chi connectivity index (χ2n) is 7.25. The lowest BCUT2D eigenvalue weighted by Crippen LogP contribution is -2.53. The molecule has 1 saturated heterocycles. The first-order chi connectivity index (χ1) is 14.8. The summed E-state index contributed by atoms with van der Waals surface area (Å²) in [5.41, 5.74) is 17.4. The standard InChI is InChI=1S/C17H27N9O5/c18-8(3-1-2-4-21-17(20)30)15(29)25-10-9(5-27)31-16(12(10)28)26-7-24-11-13(19)22-6-23-14(11)26/h6-10,12,16,27-28H,1-5,18H2,(H,25,29)(H2,19,22,23)(H3,20,21,30)/t8-,9?,10?,12?,16?/m0/s1. The average Bonchev–Trinajstić information content (AvgIpc) is 3.29. The van der Waals surface area contributed by atoms with Gasteiger partial charge in [0.1, 0.15) is 24.1 Å². The van der Waals surface area contributed by atoms with E-state index in [9.17, 15) is 19.8 Å². The molecule has 14 heteroatoms. The van der Waals surface area contributed by atoms with Crippen molar-refractivity contribution in [1.82, 2.24) is 30.2 Å². The van der Waals surface area contributed by atoms with Crippen molar-refractivity contribution in [1.29, 1.82) is 0 Å². The molecule has 170 valence electrons.